The lowest BCUT2D eigenvalue weighted by molar-refractivity contribution is 0.356. The van der Waals surface area contributed by atoms with Gasteiger partial charge in [0.1, 0.15) is 23.0 Å². The van der Waals surface area contributed by atoms with Crippen LogP contribution in [0, 0.1) is 0 Å². The Morgan fingerprint density at radius 2 is 1.62 bits per heavy atom. The third-order valence-corrected chi connectivity index (χ3v) is 5.02. The topological polar surface area (TPSA) is 101 Å². The van der Waals surface area contributed by atoms with E-state index in [0.29, 0.717) is 52.3 Å². The van der Waals surface area contributed by atoms with Crippen molar-refractivity contribution in [2.45, 2.75) is 6.54 Å². The van der Waals surface area contributed by atoms with E-state index in [4.69, 9.17) is 35.1 Å². The number of nitrogens with zero attached hydrogens (tertiary/aromatic N) is 3. The maximum absolute atomic E-state index is 6.12. The van der Waals surface area contributed by atoms with Gasteiger partial charge in [-0.3, -0.25) is 0 Å². The molecule has 0 saturated heterocycles. The van der Waals surface area contributed by atoms with E-state index in [1.807, 2.05) is 18.2 Å². The van der Waals surface area contributed by atoms with Crippen molar-refractivity contribution in [3.63, 3.8) is 0 Å². The van der Waals surface area contributed by atoms with Gasteiger partial charge in [0.15, 0.2) is 17.3 Å². The summed E-state index contributed by atoms with van der Waals surface area (Å²) in [4.78, 5) is 8.58. The Kier molecular flexibility index (Phi) is 6.18. The first-order valence-corrected chi connectivity index (χ1v) is 9.95. The van der Waals surface area contributed by atoms with E-state index in [-0.39, 0.29) is 5.28 Å². The normalized spacial score (nSPS) is 10.8. The maximum atomic E-state index is 6.12. The van der Waals surface area contributed by atoms with Crippen LogP contribution in [0.1, 0.15) is 5.76 Å². The highest BCUT2D eigenvalue weighted by Crippen LogP contribution is 2.35. The second kappa shape index (κ2) is 9.19. The van der Waals surface area contributed by atoms with Crippen LogP contribution < -0.4 is 24.3 Å². The van der Waals surface area contributed by atoms with E-state index >= 15 is 0 Å². The van der Waals surface area contributed by atoms with Crippen molar-refractivity contribution in [1.82, 2.24) is 15.1 Å². The van der Waals surface area contributed by atoms with Gasteiger partial charge in [0.05, 0.1) is 40.5 Å². The number of methoxy groups -OCH3 is 4. The Bertz CT molecular complexity index is 1260. The van der Waals surface area contributed by atoms with Gasteiger partial charge in [-0.1, -0.05) is 5.16 Å². The van der Waals surface area contributed by atoms with E-state index in [1.54, 1.807) is 46.6 Å². The molecule has 166 valence electrons. The fourth-order valence-electron chi connectivity index (χ4n) is 3.27. The molecule has 9 nitrogen and oxygen atoms in total. The van der Waals surface area contributed by atoms with Gasteiger partial charge < -0.3 is 28.8 Å². The van der Waals surface area contributed by atoms with Gasteiger partial charge in [-0.25, -0.2) is 9.97 Å². The van der Waals surface area contributed by atoms with Gasteiger partial charge in [-0.05, 0) is 29.8 Å². The number of nitrogens with one attached hydrogen (secondary N) is 1. The number of rotatable bonds is 8. The second-order valence-corrected chi connectivity index (χ2v) is 7.00. The molecular weight excluding hydrogens is 436 g/mol. The zero-order valence-electron chi connectivity index (χ0n) is 17.9. The van der Waals surface area contributed by atoms with Crippen LogP contribution in [0.2, 0.25) is 5.28 Å². The predicted octanol–water partition coefficient (Wildman–Crippen LogP) is 4.58. The lowest BCUT2D eigenvalue weighted by Gasteiger charge is -2.12. The highest BCUT2D eigenvalue weighted by Gasteiger charge is 2.15. The molecule has 0 atom stereocenters. The number of ether oxygens (including phenoxy) is 4. The minimum absolute atomic E-state index is 0.105. The summed E-state index contributed by atoms with van der Waals surface area (Å²) in [5.74, 6) is 3.56. The average Bonchev–Trinajstić information content (AvgIpc) is 3.29. The number of hydrogen-bond acceptors (Lipinski definition) is 9. The van der Waals surface area contributed by atoms with Gasteiger partial charge >= 0.3 is 0 Å². The molecule has 4 aromatic rings. The summed E-state index contributed by atoms with van der Waals surface area (Å²) in [6.45, 7) is 0.322. The first kappa shape index (κ1) is 21.5. The van der Waals surface area contributed by atoms with E-state index in [0.717, 1.165) is 10.9 Å². The van der Waals surface area contributed by atoms with E-state index < -0.39 is 0 Å². The largest absolute Gasteiger partial charge is 0.497 e. The van der Waals surface area contributed by atoms with E-state index in [1.165, 1.54) is 0 Å². The van der Waals surface area contributed by atoms with Crippen molar-refractivity contribution in [2.75, 3.05) is 33.8 Å². The maximum Gasteiger partial charge on any atom is 0.224 e. The Morgan fingerprint density at radius 1 is 0.875 bits per heavy atom. The fraction of sp³-hybridized carbons (Fsp3) is 0.227. The summed E-state index contributed by atoms with van der Waals surface area (Å²) in [6.07, 6.45) is 0. The monoisotopic (exact) mass is 456 g/mol. The smallest absolute Gasteiger partial charge is 0.224 e. The van der Waals surface area contributed by atoms with Crippen LogP contribution in [0.5, 0.6) is 23.0 Å². The van der Waals surface area contributed by atoms with Crippen LogP contribution in [0.15, 0.2) is 40.9 Å². The summed E-state index contributed by atoms with van der Waals surface area (Å²) in [6, 6.07) is 10.9. The Morgan fingerprint density at radius 3 is 2.34 bits per heavy atom. The lowest BCUT2D eigenvalue weighted by Crippen LogP contribution is -2.03. The fourth-order valence-corrected chi connectivity index (χ4v) is 3.44. The van der Waals surface area contributed by atoms with Crippen molar-refractivity contribution < 1.29 is 23.5 Å². The van der Waals surface area contributed by atoms with Gasteiger partial charge in [-0.15, -0.1) is 0 Å². The predicted molar refractivity (Wildman–Crippen MR) is 120 cm³/mol. The first-order chi connectivity index (χ1) is 15.6. The van der Waals surface area contributed by atoms with Crippen molar-refractivity contribution in [1.29, 1.82) is 0 Å². The Balaban J connectivity index is 1.61. The molecule has 0 spiro atoms. The van der Waals surface area contributed by atoms with E-state index in [9.17, 15) is 0 Å². The zero-order valence-corrected chi connectivity index (χ0v) is 18.7. The number of halogens is 1. The summed E-state index contributed by atoms with van der Waals surface area (Å²) >= 11 is 6.12. The molecule has 10 heteroatoms. The van der Waals surface area contributed by atoms with Gasteiger partial charge in [-0.2, -0.15) is 0 Å². The molecule has 0 unspecified atom stereocenters. The highest BCUT2D eigenvalue weighted by molar-refractivity contribution is 6.28. The molecule has 0 amide bonds. The number of anilines is 1. The highest BCUT2D eigenvalue weighted by atomic mass is 35.5. The Hall–Kier alpha value is -3.72. The van der Waals surface area contributed by atoms with Crippen LogP contribution in [-0.4, -0.2) is 43.6 Å². The van der Waals surface area contributed by atoms with E-state index in [2.05, 4.69) is 20.4 Å². The minimum Gasteiger partial charge on any atom is -0.497 e. The molecule has 0 aliphatic carbocycles. The molecule has 0 radical (unpaired) electrons. The molecule has 4 rings (SSSR count). The molecule has 2 aromatic heterocycles. The first-order valence-electron chi connectivity index (χ1n) is 9.57. The summed E-state index contributed by atoms with van der Waals surface area (Å²) in [5, 5.41) is 8.22. The molecule has 2 heterocycles. The van der Waals surface area contributed by atoms with Crippen molar-refractivity contribution >= 4 is 28.3 Å². The SMILES string of the molecule is COc1ccc(-c2cc(CNc3nc(Cl)nc4cc(OC)c(OC)cc34)on2)c(OC)c1. The third kappa shape index (κ3) is 4.19. The Labute approximate surface area is 189 Å². The molecule has 32 heavy (non-hydrogen) atoms. The average molecular weight is 457 g/mol. The van der Waals surface area contributed by atoms with Gasteiger partial charge in [0.2, 0.25) is 5.28 Å². The molecule has 0 bridgehead atoms. The van der Waals surface area contributed by atoms with Crippen LogP contribution >= 0.6 is 11.6 Å². The summed E-state index contributed by atoms with van der Waals surface area (Å²) < 4.78 is 26.9. The second-order valence-electron chi connectivity index (χ2n) is 6.66. The molecule has 1 N–H and O–H groups in total. The van der Waals surface area contributed by atoms with Crippen LogP contribution in [0.3, 0.4) is 0 Å². The molecule has 0 aliphatic heterocycles. The van der Waals surface area contributed by atoms with Crippen molar-refractivity contribution in [2.24, 2.45) is 0 Å². The van der Waals surface area contributed by atoms with Gasteiger partial charge in [0, 0.05) is 29.1 Å². The summed E-state index contributed by atoms with van der Waals surface area (Å²) in [7, 11) is 6.32. The number of aromatic nitrogens is 3. The number of hydrogen-bond donors (Lipinski definition) is 1. The molecule has 0 fully saturated rings. The van der Waals surface area contributed by atoms with Crippen LogP contribution in [0.4, 0.5) is 5.82 Å². The number of benzene rings is 2. The standard InChI is InChI=1S/C22H21ClN4O5/c1-28-12-5-6-14(18(8-12)29-2)17-7-13(32-27-17)11-24-21-15-9-19(30-3)20(31-4)10-16(15)25-22(23)26-21/h5-10H,11H2,1-4H3,(H,24,25,26). The minimum atomic E-state index is 0.105. The van der Waals surface area contributed by atoms with Crippen molar-refractivity contribution in [3.05, 3.63) is 47.4 Å². The zero-order chi connectivity index (χ0) is 22.7. The molecule has 0 aliphatic rings. The third-order valence-electron chi connectivity index (χ3n) is 4.85. The number of fused-ring (bicyclic) bond motifs is 1. The summed E-state index contributed by atoms with van der Waals surface area (Å²) in [5.41, 5.74) is 2.04. The van der Waals surface area contributed by atoms with Crippen molar-refractivity contribution in [3.8, 4) is 34.3 Å². The lowest BCUT2D eigenvalue weighted by atomic mass is 10.1. The molecule has 0 saturated carbocycles. The van der Waals surface area contributed by atoms with Crippen LogP contribution in [-0.2, 0) is 6.54 Å². The van der Waals surface area contributed by atoms with Crippen LogP contribution in [0.25, 0.3) is 22.2 Å². The molecule has 2 aromatic carbocycles. The van der Waals surface area contributed by atoms with Gasteiger partial charge in [0.25, 0.3) is 0 Å². The quantitative estimate of drug-likeness (QED) is 0.381. The molecular formula is C22H21ClN4O5.